The molecular weight excluding hydrogens is 360 g/mol. The second-order valence-corrected chi connectivity index (χ2v) is 7.59. The first kappa shape index (κ1) is 18.1. The highest BCUT2D eigenvalue weighted by Gasteiger charge is 2.26. The molecule has 0 spiro atoms. The van der Waals surface area contributed by atoms with E-state index >= 15 is 0 Å². The third-order valence-electron chi connectivity index (χ3n) is 4.56. The van der Waals surface area contributed by atoms with Gasteiger partial charge in [-0.3, -0.25) is 9.69 Å². The van der Waals surface area contributed by atoms with E-state index in [0.717, 1.165) is 35.2 Å². The summed E-state index contributed by atoms with van der Waals surface area (Å²) in [6.45, 7) is 1.72. The van der Waals surface area contributed by atoms with Crippen molar-refractivity contribution in [3.8, 4) is 0 Å². The zero-order valence-corrected chi connectivity index (χ0v) is 15.9. The highest BCUT2D eigenvalue weighted by Crippen LogP contribution is 2.29. The zero-order chi connectivity index (χ0) is 18.5. The monoisotopic (exact) mass is 382 g/mol. The number of fused-ring (bicyclic) bond motifs is 1. The van der Waals surface area contributed by atoms with E-state index in [1.54, 1.807) is 4.90 Å². The van der Waals surface area contributed by atoms with Crippen molar-refractivity contribution in [1.29, 1.82) is 0 Å². The second kappa shape index (κ2) is 8.61. The molecule has 27 heavy (non-hydrogen) atoms. The third-order valence-corrected chi connectivity index (χ3v) is 5.62. The lowest BCUT2D eigenvalue weighted by atomic mass is 10.2. The SMILES string of the molecule is O=C(COCc1ccccc1)N(CC1CCCO1)c1nc2ccccc2s1. The summed E-state index contributed by atoms with van der Waals surface area (Å²) in [6, 6.07) is 17.8. The summed E-state index contributed by atoms with van der Waals surface area (Å²) in [6.07, 6.45) is 2.08. The summed E-state index contributed by atoms with van der Waals surface area (Å²) >= 11 is 1.53. The van der Waals surface area contributed by atoms with Crippen LogP contribution in [0.1, 0.15) is 18.4 Å². The van der Waals surface area contributed by atoms with E-state index in [-0.39, 0.29) is 18.6 Å². The number of aromatic nitrogens is 1. The molecule has 1 aromatic heterocycles. The highest BCUT2D eigenvalue weighted by atomic mass is 32.1. The number of para-hydroxylation sites is 1. The van der Waals surface area contributed by atoms with Crippen molar-refractivity contribution >= 4 is 32.6 Å². The van der Waals surface area contributed by atoms with Gasteiger partial charge < -0.3 is 9.47 Å². The van der Waals surface area contributed by atoms with Crippen LogP contribution in [0, 0.1) is 0 Å². The first-order valence-corrected chi connectivity index (χ1v) is 10.0. The van der Waals surface area contributed by atoms with E-state index in [9.17, 15) is 4.79 Å². The van der Waals surface area contributed by atoms with Gasteiger partial charge in [-0.05, 0) is 30.5 Å². The number of amides is 1. The fourth-order valence-electron chi connectivity index (χ4n) is 3.16. The van der Waals surface area contributed by atoms with Gasteiger partial charge in [0.25, 0.3) is 5.91 Å². The Morgan fingerprint density at radius 2 is 2.00 bits per heavy atom. The number of ether oxygens (including phenoxy) is 2. The summed E-state index contributed by atoms with van der Waals surface area (Å²) in [4.78, 5) is 19.3. The molecule has 5 nitrogen and oxygen atoms in total. The molecule has 1 saturated heterocycles. The Morgan fingerprint density at radius 1 is 1.19 bits per heavy atom. The number of anilines is 1. The van der Waals surface area contributed by atoms with Crippen LogP contribution < -0.4 is 4.90 Å². The number of rotatable bonds is 7. The number of benzene rings is 2. The van der Waals surface area contributed by atoms with Gasteiger partial charge in [-0.15, -0.1) is 0 Å². The van der Waals surface area contributed by atoms with E-state index in [1.165, 1.54) is 11.3 Å². The summed E-state index contributed by atoms with van der Waals surface area (Å²) in [7, 11) is 0. The molecule has 4 rings (SSSR count). The smallest absolute Gasteiger partial charge is 0.254 e. The molecule has 1 fully saturated rings. The molecule has 1 aliphatic rings. The van der Waals surface area contributed by atoms with Gasteiger partial charge in [-0.2, -0.15) is 0 Å². The molecule has 1 amide bonds. The topological polar surface area (TPSA) is 51.7 Å². The number of carbonyl (C=O) groups is 1. The van der Waals surface area contributed by atoms with Crippen LogP contribution in [0.2, 0.25) is 0 Å². The minimum Gasteiger partial charge on any atom is -0.376 e. The molecule has 6 heteroatoms. The van der Waals surface area contributed by atoms with E-state index in [1.807, 2.05) is 54.6 Å². The normalized spacial score (nSPS) is 16.7. The predicted octanol–water partition coefficient (Wildman–Crippen LogP) is 4.03. The molecule has 1 unspecified atom stereocenters. The quantitative estimate of drug-likeness (QED) is 0.619. The molecule has 1 atom stereocenters. The first-order chi connectivity index (χ1) is 13.3. The van der Waals surface area contributed by atoms with Gasteiger partial charge >= 0.3 is 0 Å². The molecule has 1 aliphatic heterocycles. The van der Waals surface area contributed by atoms with Crippen molar-refractivity contribution in [3.63, 3.8) is 0 Å². The number of nitrogens with zero attached hydrogens (tertiary/aromatic N) is 2. The molecule has 0 saturated carbocycles. The highest BCUT2D eigenvalue weighted by molar-refractivity contribution is 7.22. The predicted molar refractivity (Wildman–Crippen MR) is 107 cm³/mol. The van der Waals surface area contributed by atoms with Gasteiger partial charge in [-0.25, -0.2) is 4.98 Å². The molecule has 140 valence electrons. The summed E-state index contributed by atoms with van der Waals surface area (Å²) in [5, 5.41) is 0.708. The number of carbonyl (C=O) groups excluding carboxylic acids is 1. The number of hydrogen-bond acceptors (Lipinski definition) is 5. The van der Waals surface area contributed by atoms with Crippen LogP contribution in [0.3, 0.4) is 0 Å². The second-order valence-electron chi connectivity index (χ2n) is 6.58. The maximum absolute atomic E-state index is 12.9. The van der Waals surface area contributed by atoms with Crippen molar-refractivity contribution in [2.24, 2.45) is 0 Å². The van der Waals surface area contributed by atoms with Gasteiger partial charge in [0.1, 0.15) is 6.61 Å². The van der Waals surface area contributed by atoms with Crippen molar-refractivity contribution < 1.29 is 14.3 Å². The summed E-state index contributed by atoms with van der Waals surface area (Å²) in [5.41, 5.74) is 1.96. The molecule has 2 heterocycles. The Bertz CT molecular complexity index is 858. The van der Waals surface area contributed by atoms with Gasteiger partial charge in [0.2, 0.25) is 0 Å². The lowest BCUT2D eigenvalue weighted by molar-refractivity contribution is -0.123. The summed E-state index contributed by atoms with van der Waals surface area (Å²) < 4.78 is 12.5. The fourth-order valence-corrected chi connectivity index (χ4v) is 4.15. The minimum absolute atomic E-state index is 0.0253. The van der Waals surface area contributed by atoms with Gasteiger partial charge in [0.15, 0.2) is 5.13 Å². The maximum atomic E-state index is 12.9. The molecular formula is C21H22N2O3S. The van der Waals surface area contributed by atoms with Gasteiger partial charge in [0.05, 0.1) is 29.5 Å². The maximum Gasteiger partial charge on any atom is 0.254 e. The lowest BCUT2D eigenvalue weighted by Gasteiger charge is -2.23. The van der Waals surface area contributed by atoms with Crippen LogP contribution >= 0.6 is 11.3 Å². The lowest BCUT2D eigenvalue weighted by Crippen LogP contribution is -2.39. The van der Waals surface area contributed by atoms with Crippen molar-refractivity contribution in [1.82, 2.24) is 4.98 Å². The molecule has 0 aliphatic carbocycles. The Morgan fingerprint density at radius 3 is 2.78 bits per heavy atom. The molecule has 0 bridgehead atoms. The van der Waals surface area contributed by atoms with E-state index in [4.69, 9.17) is 9.47 Å². The number of thiazole rings is 1. The Balaban J connectivity index is 1.47. The first-order valence-electron chi connectivity index (χ1n) is 9.19. The van der Waals surface area contributed by atoms with Crippen LogP contribution in [0.4, 0.5) is 5.13 Å². The average molecular weight is 382 g/mol. The van der Waals surface area contributed by atoms with Crippen LogP contribution in [-0.4, -0.2) is 36.8 Å². The van der Waals surface area contributed by atoms with Crippen LogP contribution in [0.5, 0.6) is 0 Å². The Kier molecular flexibility index (Phi) is 5.77. The fraction of sp³-hybridized carbons (Fsp3) is 0.333. The van der Waals surface area contributed by atoms with Crippen molar-refractivity contribution in [3.05, 3.63) is 60.2 Å². The van der Waals surface area contributed by atoms with Crippen molar-refractivity contribution in [2.75, 3.05) is 24.7 Å². The molecule has 3 aromatic rings. The zero-order valence-electron chi connectivity index (χ0n) is 15.0. The summed E-state index contributed by atoms with van der Waals surface area (Å²) in [5.74, 6) is -0.0829. The van der Waals surface area contributed by atoms with Crippen LogP contribution in [0.15, 0.2) is 54.6 Å². The van der Waals surface area contributed by atoms with Gasteiger partial charge in [-0.1, -0.05) is 53.8 Å². The Hall–Kier alpha value is -2.28. The standard InChI is InChI=1S/C21H22N2O3S/c24-20(15-25-14-16-7-2-1-3-8-16)23(13-17-9-6-12-26-17)21-22-18-10-4-5-11-19(18)27-21/h1-5,7-8,10-11,17H,6,9,12-15H2. The molecule has 0 radical (unpaired) electrons. The third kappa shape index (κ3) is 4.53. The number of hydrogen-bond donors (Lipinski definition) is 0. The van der Waals surface area contributed by atoms with E-state index in [2.05, 4.69) is 4.98 Å². The average Bonchev–Trinajstić information content (AvgIpc) is 3.36. The minimum atomic E-state index is -0.0829. The Labute approximate surface area is 162 Å². The van der Waals surface area contributed by atoms with Crippen LogP contribution in [0.25, 0.3) is 10.2 Å². The van der Waals surface area contributed by atoms with Crippen LogP contribution in [-0.2, 0) is 20.9 Å². The molecule has 0 N–H and O–H groups in total. The van der Waals surface area contributed by atoms with E-state index in [0.29, 0.717) is 18.3 Å². The largest absolute Gasteiger partial charge is 0.376 e. The van der Waals surface area contributed by atoms with Crippen molar-refractivity contribution in [2.45, 2.75) is 25.6 Å². The van der Waals surface area contributed by atoms with Gasteiger partial charge in [0, 0.05) is 6.61 Å². The molecule has 2 aromatic carbocycles. The van der Waals surface area contributed by atoms with E-state index < -0.39 is 0 Å².